The molecule has 2 aliphatic carbocycles. The minimum Gasteiger partial charge on any atom is -0.293 e. The molecule has 5 rings (SSSR count). The van der Waals surface area contributed by atoms with Gasteiger partial charge in [0.2, 0.25) is 0 Å². The van der Waals surface area contributed by atoms with Crippen LogP contribution in [-0.4, -0.2) is 21.1 Å². The number of rotatable bonds is 6. The number of benzene rings is 2. The van der Waals surface area contributed by atoms with Gasteiger partial charge in [0, 0.05) is 27.6 Å². The second kappa shape index (κ2) is 9.31. The molecular weight excluding hydrogens is 508 g/mol. The van der Waals surface area contributed by atoms with Crippen LogP contribution in [-0.2, 0) is 18.4 Å². The first-order chi connectivity index (χ1) is 16.4. The van der Waals surface area contributed by atoms with Gasteiger partial charge in [0.25, 0.3) is 5.56 Å². The van der Waals surface area contributed by atoms with Crippen molar-refractivity contribution < 1.29 is 4.79 Å². The number of ketones is 1. The van der Waals surface area contributed by atoms with E-state index in [9.17, 15) is 9.59 Å². The highest BCUT2D eigenvalue weighted by Gasteiger charge is 2.44. The number of nitrogens with zero attached hydrogens (tertiary/aromatic N) is 2. The molecule has 1 fully saturated rings. The summed E-state index contributed by atoms with van der Waals surface area (Å²) in [6.07, 6.45) is 5.22. The highest BCUT2D eigenvalue weighted by atomic mass is 79.9. The average molecular weight is 536 g/mol. The Morgan fingerprint density at radius 3 is 2.56 bits per heavy atom. The lowest BCUT2D eigenvalue weighted by Crippen LogP contribution is -2.40. The summed E-state index contributed by atoms with van der Waals surface area (Å²) >= 11 is 4.75. The molecule has 1 saturated carbocycles. The van der Waals surface area contributed by atoms with Gasteiger partial charge in [-0.25, -0.2) is 4.98 Å². The van der Waals surface area contributed by atoms with Crippen LogP contribution in [0.5, 0.6) is 0 Å². The fraction of sp³-hybridized carbons (Fsp3) is 0.321. The molecule has 0 atom stereocenters. The van der Waals surface area contributed by atoms with Crippen molar-refractivity contribution in [3.05, 3.63) is 92.2 Å². The van der Waals surface area contributed by atoms with Gasteiger partial charge in [-0.2, -0.15) is 0 Å². The number of thioether (sulfide) groups is 1. The summed E-state index contributed by atoms with van der Waals surface area (Å²) in [6, 6.07) is 15.7. The predicted octanol–water partition coefficient (Wildman–Crippen LogP) is 6.59. The number of hydrogen-bond donors (Lipinski definition) is 0. The highest BCUT2D eigenvalue weighted by molar-refractivity contribution is 9.10. The van der Waals surface area contributed by atoms with Crippen molar-refractivity contribution >= 4 is 33.5 Å². The Bertz CT molecular complexity index is 1340. The zero-order chi connectivity index (χ0) is 23.9. The van der Waals surface area contributed by atoms with E-state index in [4.69, 9.17) is 4.98 Å². The molecule has 4 nitrogen and oxygen atoms in total. The van der Waals surface area contributed by atoms with Crippen LogP contribution < -0.4 is 5.56 Å². The minimum absolute atomic E-state index is 0.0130. The molecule has 6 heteroatoms. The van der Waals surface area contributed by atoms with Crippen LogP contribution in [0, 0.1) is 0 Å². The van der Waals surface area contributed by atoms with Crippen molar-refractivity contribution in [2.75, 3.05) is 5.75 Å². The molecule has 1 aromatic heterocycles. The van der Waals surface area contributed by atoms with Crippen LogP contribution >= 0.6 is 27.7 Å². The molecule has 0 unspecified atom stereocenters. The highest BCUT2D eigenvalue weighted by Crippen LogP contribution is 2.50. The third-order valence-electron chi connectivity index (χ3n) is 6.95. The molecule has 174 valence electrons. The zero-order valence-electron chi connectivity index (χ0n) is 19.3. The van der Waals surface area contributed by atoms with E-state index in [1.807, 2.05) is 37.3 Å². The van der Waals surface area contributed by atoms with Crippen LogP contribution in [0.3, 0.4) is 0 Å². The number of hydrogen-bond acceptors (Lipinski definition) is 4. The average Bonchev–Trinajstić information content (AvgIpc) is 3.28. The normalized spacial score (nSPS) is 15.7. The number of allylic oxidation sites excluding steroid dienone is 1. The largest absolute Gasteiger partial charge is 0.293 e. The molecule has 0 bridgehead atoms. The van der Waals surface area contributed by atoms with Gasteiger partial charge in [-0.1, -0.05) is 89.1 Å². The van der Waals surface area contributed by atoms with Gasteiger partial charge in [0.05, 0.1) is 17.0 Å². The topological polar surface area (TPSA) is 52.0 Å². The minimum atomic E-state index is -0.138. The number of carbonyl (C=O) groups excluding carboxylic acids is 1. The lowest BCUT2D eigenvalue weighted by atomic mass is 9.68. The maximum Gasteiger partial charge on any atom is 0.258 e. The Morgan fingerprint density at radius 1 is 1.15 bits per heavy atom. The van der Waals surface area contributed by atoms with Crippen LogP contribution in [0.2, 0.25) is 0 Å². The molecule has 2 aromatic carbocycles. The summed E-state index contributed by atoms with van der Waals surface area (Å²) in [5, 5.41) is 0.585. The number of aromatic nitrogens is 2. The smallest absolute Gasteiger partial charge is 0.258 e. The van der Waals surface area contributed by atoms with Crippen LogP contribution in [0.4, 0.5) is 0 Å². The quantitative estimate of drug-likeness (QED) is 0.155. The lowest BCUT2D eigenvalue weighted by molar-refractivity contribution is 0.102. The van der Waals surface area contributed by atoms with Gasteiger partial charge in [0.15, 0.2) is 10.9 Å². The van der Waals surface area contributed by atoms with E-state index >= 15 is 0 Å². The molecule has 0 aliphatic heterocycles. The summed E-state index contributed by atoms with van der Waals surface area (Å²) in [5.41, 5.74) is 5.43. The van der Waals surface area contributed by atoms with Crippen LogP contribution in [0.25, 0.3) is 11.3 Å². The van der Waals surface area contributed by atoms with Crippen molar-refractivity contribution in [2.45, 2.75) is 56.1 Å². The van der Waals surface area contributed by atoms with Crippen molar-refractivity contribution in [3.8, 4) is 11.3 Å². The van der Waals surface area contributed by atoms with E-state index < -0.39 is 0 Å². The van der Waals surface area contributed by atoms with Crippen molar-refractivity contribution in [2.24, 2.45) is 0 Å². The first kappa shape index (κ1) is 23.3. The molecule has 0 amide bonds. The summed E-state index contributed by atoms with van der Waals surface area (Å²) < 4.78 is 2.68. The Labute approximate surface area is 212 Å². The molecule has 0 radical (unpaired) electrons. The van der Waals surface area contributed by atoms with Gasteiger partial charge in [-0.3, -0.25) is 14.2 Å². The Balaban J connectivity index is 1.61. The fourth-order valence-electron chi connectivity index (χ4n) is 5.41. The fourth-order valence-corrected chi connectivity index (χ4v) is 6.56. The third-order valence-corrected chi connectivity index (χ3v) is 8.46. The summed E-state index contributed by atoms with van der Waals surface area (Å²) in [4.78, 5) is 32.0. The van der Waals surface area contributed by atoms with Crippen molar-refractivity contribution in [3.63, 3.8) is 0 Å². The molecule has 0 N–H and O–H groups in total. The zero-order valence-corrected chi connectivity index (χ0v) is 21.7. The van der Waals surface area contributed by atoms with Crippen molar-refractivity contribution in [1.29, 1.82) is 0 Å². The lowest BCUT2D eigenvalue weighted by Gasteiger charge is -2.36. The molecule has 3 aromatic rings. The summed E-state index contributed by atoms with van der Waals surface area (Å²) in [6.45, 7) is 6.39. The molecule has 1 heterocycles. The number of Topliss-reactive ketones (excluding diaryl/α,β-unsaturated/α-hetero) is 1. The molecule has 0 saturated heterocycles. The van der Waals surface area contributed by atoms with Gasteiger partial charge in [-0.05, 0) is 43.9 Å². The Hall–Kier alpha value is -2.44. The predicted molar refractivity (Wildman–Crippen MR) is 142 cm³/mol. The van der Waals surface area contributed by atoms with E-state index in [-0.39, 0.29) is 22.5 Å². The number of carbonyl (C=O) groups is 1. The second-order valence-corrected chi connectivity index (χ2v) is 11.4. The van der Waals surface area contributed by atoms with Gasteiger partial charge in [0.1, 0.15) is 0 Å². The SMILES string of the molecule is C=C(C)Cn1c(SCC(=O)c2ccc(Br)cc2)nc2c(c1=O)C1(CCCC1)Cc1ccccc1-2. The molecule has 1 spiro atoms. The van der Waals surface area contributed by atoms with E-state index in [2.05, 4.69) is 40.7 Å². The Morgan fingerprint density at radius 2 is 1.85 bits per heavy atom. The standard InChI is InChI=1S/C28H27BrN2O2S/c1-18(2)16-31-26(33)24-25(22-8-4-3-7-20(22)15-28(24)13-5-6-14-28)30-27(31)34-17-23(32)19-9-11-21(29)12-10-19/h3-4,7-12H,1,5-6,13-17H2,2H3. The van der Waals surface area contributed by atoms with Crippen LogP contribution in [0.1, 0.15) is 54.1 Å². The molecule has 34 heavy (non-hydrogen) atoms. The van der Waals surface area contributed by atoms with E-state index in [1.165, 1.54) is 17.3 Å². The van der Waals surface area contributed by atoms with Gasteiger partial charge < -0.3 is 0 Å². The monoisotopic (exact) mass is 534 g/mol. The first-order valence-electron chi connectivity index (χ1n) is 11.7. The summed E-state index contributed by atoms with van der Waals surface area (Å²) in [7, 11) is 0. The second-order valence-electron chi connectivity index (χ2n) is 9.51. The maximum absolute atomic E-state index is 14.1. The summed E-state index contributed by atoms with van der Waals surface area (Å²) in [5.74, 6) is 0.231. The molecular formula is C28H27BrN2O2S. The van der Waals surface area contributed by atoms with Crippen LogP contribution in [0.15, 0.2) is 75.1 Å². The van der Waals surface area contributed by atoms with E-state index in [0.717, 1.165) is 59.0 Å². The Kier molecular flexibility index (Phi) is 6.38. The van der Waals surface area contributed by atoms with Gasteiger partial charge in [-0.15, -0.1) is 0 Å². The van der Waals surface area contributed by atoms with E-state index in [0.29, 0.717) is 17.3 Å². The maximum atomic E-state index is 14.1. The third kappa shape index (κ3) is 4.22. The first-order valence-corrected chi connectivity index (χ1v) is 13.5. The van der Waals surface area contributed by atoms with E-state index in [1.54, 1.807) is 4.57 Å². The number of halogens is 1. The number of fused-ring (bicyclic) bond motifs is 4. The van der Waals surface area contributed by atoms with Crippen molar-refractivity contribution in [1.82, 2.24) is 9.55 Å². The molecule has 2 aliphatic rings. The van der Waals surface area contributed by atoms with Gasteiger partial charge >= 0.3 is 0 Å².